The van der Waals surface area contributed by atoms with Gasteiger partial charge in [-0.05, 0) is 68.7 Å². The van der Waals surface area contributed by atoms with Gasteiger partial charge in [-0.1, -0.05) is 11.6 Å². The second-order valence-corrected chi connectivity index (χ2v) is 9.92. The SMILES string of the molecule is CCn1nccc1C1(O)CC2CC(c3nn(C)c(N)c3C(=O)Nc3ccc(F)c(Cl)c3)CC2C1. The molecule has 180 valence electrons. The van der Waals surface area contributed by atoms with E-state index >= 15 is 0 Å². The highest BCUT2D eigenvalue weighted by atomic mass is 35.5. The van der Waals surface area contributed by atoms with Gasteiger partial charge >= 0.3 is 0 Å². The highest BCUT2D eigenvalue weighted by Crippen LogP contribution is 2.57. The lowest BCUT2D eigenvalue weighted by Gasteiger charge is -2.25. The van der Waals surface area contributed by atoms with Crippen LogP contribution < -0.4 is 11.1 Å². The fourth-order valence-electron chi connectivity index (χ4n) is 5.92. The van der Waals surface area contributed by atoms with Crippen molar-refractivity contribution in [3.8, 4) is 0 Å². The van der Waals surface area contributed by atoms with Gasteiger partial charge in [0.05, 0.1) is 16.4 Å². The number of nitrogen functional groups attached to an aromatic ring is 1. The predicted molar refractivity (Wildman–Crippen MR) is 127 cm³/mol. The number of aryl methyl sites for hydroxylation is 2. The Morgan fingerprint density at radius 2 is 2.03 bits per heavy atom. The third-order valence-corrected chi connectivity index (χ3v) is 7.73. The fourth-order valence-corrected chi connectivity index (χ4v) is 6.10. The van der Waals surface area contributed by atoms with Crippen LogP contribution in [0.1, 0.15) is 60.3 Å². The van der Waals surface area contributed by atoms with Crippen molar-refractivity contribution in [1.29, 1.82) is 0 Å². The van der Waals surface area contributed by atoms with Gasteiger partial charge in [-0.2, -0.15) is 10.2 Å². The van der Waals surface area contributed by atoms with Crippen LogP contribution in [-0.2, 0) is 19.2 Å². The van der Waals surface area contributed by atoms with Gasteiger partial charge in [0.25, 0.3) is 5.91 Å². The molecule has 2 aliphatic carbocycles. The van der Waals surface area contributed by atoms with Gasteiger partial charge in [-0.3, -0.25) is 14.2 Å². The van der Waals surface area contributed by atoms with Crippen LogP contribution in [0, 0.1) is 17.7 Å². The number of nitrogens with two attached hydrogens (primary N) is 1. The number of carbonyl (C=O) groups excluding carboxylic acids is 1. The molecule has 5 rings (SSSR count). The summed E-state index contributed by atoms with van der Waals surface area (Å²) < 4.78 is 16.9. The number of aromatic nitrogens is 4. The average molecular weight is 487 g/mol. The molecule has 0 spiro atoms. The van der Waals surface area contributed by atoms with Gasteiger partial charge in [0.1, 0.15) is 22.8 Å². The van der Waals surface area contributed by atoms with Gasteiger partial charge in [0, 0.05) is 31.4 Å². The Bertz CT molecular complexity index is 1240. The van der Waals surface area contributed by atoms with Crippen LogP contribution >= 0.6 is 11.6 Å². The molecule has 2 saturated carbocycles. The third kappa shape index (κ3) is 3.76. The van der Waals surface area contributed by atoms with Crippen LogP contribution in [0.2, 0.25) is 5.02 Å². The Balaban J connectivity index is 1.36. The summed E-state index contributed by atoms with van der Waals surface area (Å²) in [6, 6.07) is 5.93. The maximum Gasteiger partial charge on any atom is 0.261 e. The minimum atomic E-state index is -0.877. The first kappa shape index (κ1) is 22.9. The molecule has 1 amide bonds. The highest BCUT2D eigenvalue weighted by Gasteiger charge is 2.51. The molecule has 0 aliphatic heterocycles. The second kappa shape index (κ2) is 8.39. The number of amides is 1. The number of anilines is 2. The number of hydrogen-bond donors (Lipinski definition) is 3. The number of hydrogen-bond acceptors (Lipinski definition) is 5. The molecule has 8 nitrogen and oxygen atoms in total. The van der Waals surface area contributed by atoms with E-state index in [1.807, 2.05) is 17.7 Å². The summed E-state index contributed by atoms with van der Waals surface area (Å²) in [7, 11) is 1.71. The van der Waals surface area contributed by atoms with Crippen molar-refractivity contribution in [2.75, 3.05) is 11.1 Å². The smallest absolute Gasteiger partial charge is 0.261 e. The normalized spacial score (nSPS) is 26.1. The van der Waals surface area contributed by atoms with E-state index in [1.165, 1.54) is 22.9 Å². The molecule has 1 aromatic carbocycles. The number of nitrogens with zero attached hydrogens (tertiary/aromatic N) is 4. The summed E-state index contributed by atoms with van der Waals surface area (Å²) in [6.45, 7) is 2.73. The highest BCUT2D eigenvalue weighted by molar-refractivity contribution is 6.31. The molecule has 2 unspecified atom stereocenters. The molecule has 0 bridgehead atoms. The van der Waals surface area contributed by atoms with E-state index in [1.54, 1.807) is 13.2 Å². The molecule has 0 radical (unpaired) electrons. The summed E-state index contributed by atoms with van der Waals surface area (Å²) in [5.41, 5.74) is 7.63. The van der Waals surface area contributed by atoms with E-state index in [2.05, 4.69) is 15.5 Å². The number of aliphatic hydroxyl groups is 1. The van der Waals surface area contributed by atoms with Crippen molar-refractivity contribution in [2.24, 2.45) is 18.9 Å². The molecule has 2 aromatic heterocycles. The molecule has 2 aliphatic rings. The molecular formula is C24H28ClFN6O2. The maximum atomic E-state index is 13.5. The Kier molecular flexibility index (Phi) is 5.64. The molecule has 3 aromatic rings. The second-order valence-electron chi connectivity index (χ2n) is 9.51. The zero-order valence-corrected chi connectivity index (χ0v) is 19.9. The third-order valence-electron chi connectivity index (χ3n) is 7.44. The van der Waals surface area contributed by atoms with Crippen LogP contribution in [-0.4, -0.2) is 30.6 Å². The van der Waals surface area contributed by atoms with Crippen molar-refractivity contribution in [1.82, 2.24) is 19.6 Å². The average Bonchev–Trinajstić information content (AvgIpc) is 3.53. The number of nitrogens with one attached hydrogen (secondary N) is 1. The summed E-state index contributed by atoms with van der Waals surface area (Å²) >= 11 is 5.85. The Morgan fingerprint density at radius 3 is 2.68 bits per heavy atom. The van der Waals surface area contributed by atoms with E-state index in [9.17, 15) is 14.3 Å². The summed E-state index contributed by atoms with van der Waals surface area (Å²) in [4.78, 5) is 13.2. The van der Waals surface area contributed by atoms with E-state index in [0.29, 0.717) is 48.2 Å². The lowest BCUT2D eigenvalue weighted by molar-refractivity contribution is 0.0255. The molecule has 34 heavy (non-hydrogen) atoms. The van der Waals surface area contributed by atoms with Crippen molar-refractivity contribution in [3.05, 3.63) is 58.3 Å². The molecular weight excluding hydrogens is 459 g/mol. The topological polar surface area (TPSA) is 111 Å². The standard InChI is InChI=1S/C24H28ClFN6O2/c1-3-32-19(6-7-28-32)24(34)11-14-8-13(9-15(14)12-24)21-20(22(27)31(2)30-21)23(33)29-16-4-5-18(26)17(25)10-16/h4-7,10,13-15,34H,3,8-9,11-12,27H2,1-2H3,(H,29,33). The van der Waals surface area contributed by atoms with Gasteiger partial charge < -0.3 is 16.2 Å². The van der Waals surface area contributed by atoms with Crippen LogP contribution in [0.3, 0.4) is 0 Å². The summed E-state index contributed by atoms with van der Waals surface area (Å²) in [5.74, 6) is 0.0395. The first-order valence-corrected chi connectivity index (χ1v) is 11.9. The predicted octanol–water partition coefficient (Wildman–Crippen LogP) is 4.05. The van der Waals surface area contributed by atoms with Gasteiger partial charge in [-0.15, -0.1) is 0 Å². The van der Waals surface area contributed by atoms with Gasteiger partial charge in [0.15, 0.2) is 0 Å². The Morgan fingerprint density at radius 1 is 1.32 bits per heavy atom. The van der Waals surface area contributed by atoms with Crippen molar-refractivity contribution in [3.63, 3.8) is 0 Å². The molecule has 10 heteroatoms. The van der Waals surface area contributed by atoms with Crippen LogP contribution in [0.5, 0.6) is 0 Å². The molecule has 2 heterocycles. The quantitative estimate of drug-likeness (QED) is 0.503. The lowest BCUT2D eigenvalue weighted by Crippen LogP contribution is -2.27. The molecule has 4 N–H and O–H groups in total. The number of carbonyl (C=O) groups is 1. The zero-order chi connectivity index (χ0) is 24.2. The van der Waals surface area contributed by atoms with Crippen molar-refractivity contribution in [2.45, 2.75) is 50.7 Å². The van der Waals surface area contributed by atoms with Gasteiger partial charge in [-0.25, -0.2) is 4.39 Å². The lowest BCUT2D eigenvalue weighted by atomic mass is 9.89. The number of rotatable bonds is 5. The largest absolute Gasteiger partial charge is 0.384 e. The summed E-state index contributed by atoms with van der Waals surface area (Å²) in [5, 5.41) is 23.0. The van der Waals surface area contributed by atoms with E-state index in [4.69, 9.17) is 17.3 Å². The van der Waals surface area contributed by atoms with Gasteiger partial charge in [0.2, 0.25) is 0 Å². The van der Waals surface area contributed by atoms with Crippen LogP contribution in [0.25, 0.3) is 0 Å². The number of halogens is 2. The Hall–Kier alpha value is -2.91. The fraction of sp³-hybridized carbons (Fsp3) is 0.458. The number of fused-ring (bicyclic) bond motifs is 1. The summed E-state index contributed by atoms with van der Waals surface area (Å²) in [6.07, 6.45) is 4.72. The van der Waals surface area contributed by atoms with E-state index < -0.39 is 17.3 Å². The number of benzene rings is 1. The van der Waals surface area contributed by atoms with Crippen LogP contribution in [0.4, 0.5) is 15.9 Å². The zero-order valence-electron chi connectivity index (χ0n) is 19.1. The van der Waals surface area contributed by atoms with E-state index in [0.717, 1.165) is 18.5 Å². The Labute approximate surface area is 201 Å². The van der Waals surface area contributed by atoms with Crippen molar-refractivity contribution >= 4 is 29.0 Å². The molecule has 2 fully saturated rings. The molecule has 0 saturated heterocycles. The van der Waals surface area contributed by atoms with Crippen molar-refractivity contribution < 1.29 is 14.3 Å². The molecule has 2 atom stereocenters. The van der Waals surface area contributed by atoms with Crippen LogP contribution in [0.15, 0.2) is 30.5 Å². The minimum absolute atomic E-state index is 0.0664. The minimum Gasteiger partial charge on any atom is -0.384 e. The maximum absolute atomic E-state index is 13.5. The van der Waals surface area contributed by atoms with E-state index in [-0.39, 0.29) is 16.8 Å². The first-order chi connectivity index (χ1) is 16.2. The first-order valence-electron chi connectivity index (χ1n) is 11.5. The monoisotopic (exact) mass is 486 g/mol.